The predicted molar refractivity (Wildman–Crippen MR) is 99.6 cm³/mol. The second-order valence-electron chi connectivity index (χ2n) is 6.04. The van der Waals surface area contributed by atoms with Gasteiger partial charge in [-0.15, -0.1) is 0 Å². The fraction of sp³-hybridized carbons (Fsp3) is 0.300. The van der Waals surface area contributed by atoms with Crippen molar-refractivity contribution < 1.29 is 18.7 Å². The van der Waals surface area contributed by atoms with Crippen LogP contribution < -0.4 is 10.1 Å². The highest BCUT2D eigenvalue weighted by molar-refractivity contribution is 5.95. The molecule has 1 N–H and O–H groups in total. The summed E-state index contributed by atoms with van der Waals surface area (Å²) in [7, 11) is 3.27. The van der Waals surface area contributed by atoms with Gasteiger partial charge >= 0.3 is 0 Å². The monoisotopic (exact) mass is 356 g/mol. The number of carbonyl (C=O) groups excluding carboxylic acids is 2. The Morgan fingerprint density at radius 2 is 1.92 bits per heavy atom. The van der Waals surface area contributed by atoms with Crippen molar-refractivity contribution in [2.45, 2.75) is 26.4 Å². The second-order valence-corrected chi connectivity index (χ2v) is 6.04. The van der Waals surface area contributed by atoms with Crippen LogP contribution in [0.2, 0.25) is 0 Å². The molecule has 6 heteroatoms. The lowest BCUT2D eigenvalue weighted by Gasteiger charge is -2.20. The van der Waals surface area contributed by atoms with E-state index >= 15 is 0 Å². The predicted octanol–water partition coefficient (Wildman–Crippen LogP) is 2.77. The Morgan fingerprint density at radius 3 is 2.50 bits per heavy atom. The van der Waals surface area contributed by atoms with Gasteiger partial charge in [-0.2, -0.15) is 0 Å². The first-order chi connectivity index (χ1) is 12.4. The van der Waals surface area contributed by atoms with Gasteiger partial charge in [0.25, 0.3) is 0 Å². The van der Waals surface area contributed by atoms with Crippen molar-refractivity contribution in [3.05, 3.63) is 59.6 Å². The van der Waals surface area contributed by atoms with Gasteiger partial charge in [0.2, 0.25) is 11.8 Å². The minimum atomic E-state index is -0.635. The molecular formula is C20H24N2O4. The average Bonchev–Trinajstić information content (AvgIpc) is 3.04. The molecule has 1 aromatic carbocycles. The van der Waals surface area contributed by atoms with Crippen molar-refractivity contribution in [2.24, 2.45) is 0 Å². The van der Waals surface area contributed by atoms with Crippen LogP contribution in [-0.4, -0.2) is 36.9 Å². The number of hydrogen-bond donors (Lipinski definition) is 1. The van der Waals surface area contributed by atoms with E-state index in [1.54, 1.807) is 27.2 Å². The van der Waals surface area contributed by atoms with Crippen LogP contribution in [0.3, 0.4) is 0 Å². The zero-order valence-electron chi connectivity index (χ0n) is 15.5. The molecule has 0 saturated carbocycles. The van der Waals surface area contributed by atoms with E-state index in [0.717, 1.165) is 17.1 Å². The topological polar surface area (TPSA) is 71.8 Å². The first kappa shape index (κ1) is 19.3. The SMILES string of the molecule is COc1ccc(/C=C/C(=O)NC(C)C(=O)N(C)Cc2ccc(C)o2)cc1. The van der Waals surface area contributed by atoms with Crippen molar-refractivity contribution in [2.75, 3.05) is 14.2 Å². The van der Waals surface area contributed by atoms with E-state index < -0.39 is 6.04 Å². The lowest BCUT2D eigenvalue weighted by atomic mass is 10.2. The normalized spacial score (nSPS) is 12.0. The molecule has 2 rings (SSSR count). The van der Waals surface area contributed by atoms with E-state index in [4.69, 9.17) is 9.15 Å². The molecule has 26 heavy (non-hydrogen) atoms. The van der Waals surface area contributed by atoms with E-state index in [1.807, 2.05) is 43.3 Å². The summed E-state index contributed by atoms with van der Waals surface area (Å²) in [5.74, 6) is 1.73. The summed E-state index contributed by atoms with van der Waals surface area (Å²) < 4.78 is 10.6. The average molecular weight is 356 g/mol. The van der Waals surface area contributed by atoms with Gasteiger partial charge < -0.3 is 19.4 Å². The number of amides is 2. The molecule has 138 valence electrons. The molecular weight excluding hydrogens is 332 g/mol. The number of nitrogens with one attached hydrogen (secondary N) is 1. The van der Waals surface area contributed by atoms with E-state index in [2.05, 4.69) is 5.32 Å². The van der Waals surface area contributed by atoms with Crippen LogP contribution >= 0.6 is 0 Å². The number of methoxy groups -OCH3 is 1. The Kier molecular flexibility index (Phi) is 6.60. The Morgan fingerprint density at radius 1 is 1.23 bits per heavy atom. The third-order valence-electron chi connectivity index (χ3n) is 3.84. The summed E-state index contributed by atoms with van der Waals surface area (Å²) in [5, 5.41) is 2.67. The molecule has 1 atom stereocenters. The lowest BCUT2D eigenvalue weighted by Crippen LogP contribution is -2.44. The summed E-state index contributed by atoms with van der Waals surface area (Å²) >= 11 is 0. The van der Waals surface area contributed by atoms with E-state index in [9.17, 15) is 9.59 Å². The summed E-state index contributed by atoms with van der Waals surface area (Å²) in [6.07, 6.45) is 3.09. The van der Waals surface area contributed by atoms with Gasteiger partial charge in [0, 0.05) is 13.1 Å². The second kappa shape index (κ2) is 8.89. The highest BCUT2D eigenvalue weighted by Gasteiger charge is 2.19. The highest BCUT2D eigenvalue weighted by Crippen LogP contribution is 2.12. The molecule has 1 aromatic heterocycles. The number of carbonyl (C=O) groups is 2. The van der Waals surface area contributed by atoms with Crippen LogP contribution in [0.1, 0.15) is 24.0 Å². The highest BCUT2D eigenvalue weighted by atomic mass is 16.5. The number of likely N-dealkylation sites (N-methyl/N-ethyl adjacent to an activating group) is 1. The van der Waals surface area contributed by atoms with E-state index in [0.29, 0.717) is 12.3 Å². The number of hydrogen-bond acceptors (Lipinski definition) is 4. The first-order valence-corrected chi connectivity index (χ1v) is 8.32. The standard InChI is InChI=1S/C20H24N2O4/c1-14-5-9-18(26-14)13-22(3)20(24)15(2)21-19(23)12-8-16-6-10-17(25-4)11-7-16/h5-12,15H,13H2,1-4H3,(H,21,23)/b12-8+. The lowest BCUT2D eigenvalue weighted by molar-refractivity contribution is -0.134. The summed E-state index contributed by atoms with van der Waals surface area (Å²) in [6, 6.07) is 10.4. The van der Waals surface area contributed by atoms with Crippen molar-refractivity contribution in [1.29, 1.82) is 0 Å². The molecule has 2 amide bonds. The maximum atomic E-state index is 12.4. The molecule has 0 bridgehead atoms. The van der Waals surface area contributed by atoms with E-state index in [-0.39, 0.29) is 11.8 Å². The fourth-order valence-corrected chi connectivity index (χ4v) is 2.42. The molecule has 0 saturated heterocycles. The van der Waals surface area contributed by atoms with Crippen molar-refractivity contribution in [3.8, 4) is 5.75 Å². The molecule has 1 heterocycles. The van der Waals surface area contributed by atoms with Gasteiger partial charge in [-0.3, -0.25) is 9.59 Å². The zero-order chi connectivity index (χ0) is 19.1. The van der Waals surface area contributed by atoms with Crippen LogP contribution in [0, 0.1) is 6.92 Å². The number of nitrogens with zero attached hydrogens (tertiary/aromatic N) is 1. The first-order valence-electron chi connectivity index (χ1n) is 8.32. The summed E-state index contributed by atoms with van der Waals surface area (Å²) in [5.41, 5.74) is 0.866. The van der Waals surface area contributed by atoms with Crippen LogP contribution in [0.5, 0.6) is 5.75 Å². The molecule has 0 aliphatic heterocycles. The summed E-state index contributed by atoms with van der Waals surface area (Å²) in [6.45, 7) is 3.86. The van der Waals surface area contributed by atoms with Gasteiger partial charge in [0.05, 0.1) is 13.7 Å². The number of ether oxygens (including phenoxy) is 1. The maximum Gasteiger partial charge on any atom is 0.245 e. The van der Waals surface area contributed by atoms with Crippen molar-refractivity contribution in [3.63, 3.8) is 0 Å². The van der Waals surface area contributed by atoms with E-state index in [1.165, 1.54) is 11.0 Å². The molecule has 0 aliphatic carbocycles. The maximum absolute atomic E-state index is 12.4. The molecule has 0 aliphatic rings. The van der Waals surface area contributed by atoms with Gasteiger partial charge in [0.15, 0.2) is 0 Å². The quantitative estimate of drug-likeness (QED) is 0.775. The molecule has 1 unspecified atom stereocenters. The molecule has 2 aromatic rings. The van der Waals surface area contributed by atoms with Crippen molar-refractivity contribution >= 4 is 17.9 Å². The van der Waals surface area contributed by atoms with Crippen LogP contribution in [0.15, 0.2) is 46.9 Å². The Hall–Kier alpha value is -3.02. The number of benzene rings is 1. The number of rotatable bonds is 7. The van der Waals surface area contributed by atoms with Gasteiger partial charge in [-0.1, -0.05) is 12.1 Å². The van der Waals surface area contributed by atoms with Gasteiger partial charge in [-0.25, -0.2) is 0 Å². The minimum absolute atomic E-state index is 0.190. The third-order valence-corrected chi connectivity index (χ3v) is 3.84. The zero-order valence-corrected chi connectivity index (χ0v) is 15.5. The minimum Gasteiger partial charge on any atom is -0.497 e. The fourth-order valence-electron chi connectivity index (χ4n) is 2.42. The Balaban J connectivity index is 1.86. The van der Waals surface area contributed by atoms with Gasteiger partial charge in [0.1, 0.15) is 23.3 Å². The largest absolute Gasteiger partial charge is 0.497 e. The van der Waals surface area contributed by atoms with Gasteiger partial charge in [-0.05, 0) is 49.8 Å². The van der Waals surface area contributed by atoms with Crippen LogP contribution in [0.25, 0.3) is 6.08 Å². The third kappa shape index (κ3) is 5.51. The number of furan rings is 1. The summed E-state index contributed by atoms with van der Waals surface area (Å²) in [4.78, 5) is 25.9. The number of aryl methyl sites for hydroxylation is 1. The van der Waals surface area contributed by atoms with Crippen molar-refractivity contribution in [1.82, 2.24) is 10.2 Å². The molecule has 0 fully saturated rings. The molecule has 0 radical (unpaired) electrons. The Labute approximate surface area is 153 Å². The van der Waals surface area contributed by atoms with Crippen LogP contribution in [0.4, 0.5) is 0 Å². The van der Waals surface area contributed by atoms with Crippen LogP contribution in [-0.2, 0) is 16.1 Å². The molecule has 0 spiro atoms. The molecule has 6 nitrogen and oxygen atoms in total. The smallest absolute Gasteiger partial charge is 0.245 e. The Bertz CT molecular complexity index is 777.